The van der Waals surface area contributed by atoms with Gasteiger partial charge in [0.2, 0.25) is 0 Å². The molecule has 0 bridgehead atoms. The third kappa shape index (κ3) is 4.51. The summed E-state index contributed by atoms with van der Waals surface area (Å²) >= 11 is 0. The first kappa shape index (κ1) is 15.4. The van der Waals surface area contributed by atoms with Gasteiger partial charge in [-0.3, -0.25) is 9.59 Å². The third-order valence-electron chi connectivity index (χ3n) is 3.67. The SMILES string of the molecule is CCC(C)(C)c1ccc(C(=O)CCCC(=O)O)cc1. The van der Waals surface area contributed by atoms with Crippen LogP contribution in [0.3, 0.4) is 0 Å². The van der Waals surface area contributed by atoms with E-state index < -0.39 is 5.97 Å². The molecule has 1 aromatic rings. The summed E-state index contributed by atoms with van der Waals surface area (Å²) in [5, 5.41) is 8.54. The molecule has 0 atom stereocenters. The second-order valence-electron chi connectivity index (χ2n) is 5.49. The molecule has 3 nitrogen and oxygen atoms in total. The Morgan fingerprint density at radius 2 is 1.68 bits per heavy atom. The average Bonchev–Trinajstić information content (AvgIpc) is 2.38. The molecular formula is C16H22O3. The number of carboxylic acids is 1. The smallest absolute Gasteiger partial charge is 0.303 e. The van der Waals surface area contributed by atoms with Gasteiger partial charge in [-0.25, -0.2) is 0 Å². The summed E-state index contributed by atoms with van der Waals surface area (Å²) in [5.41, 5.74) is 2.00. The van der Waals surface area contributed by atoms with Crippen LogP contribution in [-0.4, -0.2) is 16.9 Å². The molecule has 1 rings (SSSR count). The number of benzene rings is 1. The normalized spacial score (nSPS) is 11.3. The van der Waals surface area contributed by atoms with Crippen molar-refractivity contribution in [2.45, 2.75) is 51.9 Å². The first-order valence-corrected chi connectivity index (χ1v) is 6.72. The van der Waals surface area contributed by atoms with Crippen LogP contribution < -0.4 is 0 Å². The standard InChI is InChI=1S/C16H22O3/c1-4-16(2,3)13-10-8-12(9-11-13)14(17)6-5-7-15(18)19/h8-11H,4-7H2,1-3H3,(H,18,19). The van der Waals surface area contributed by atoms with Gasteiger partial charge in [0.05, 0.1) is 0 Å². The van der Waals surface area contributed by atoms with E-state index in [4.69, 9.17) is 5.11 Å². The molecule has 0 aliphatic rings. The van der Waals surface area contributed by atoms with E-state index >= 15 is 0 Å². The van der Waals surface area contributed by atoms with Gasteiger partial charge < -0.3 is 5.11 Å². The van der Waals surface area contributed by atoms with Gasteiger partial charge >= 0.3 is 5.97 Å². The fourth-order valence-electron chi connectivity index (χ4n) is 1.86. The number of carbonyl (C=O) groups excluding carboxylic acids is 1. The minimum atomic E-state index is -0.854. The summed E-state index contributed by atoms with van der Waals surface area (Å²) < 4.78 is 0. The molecule has 0 spiro atoms. The highest BCUT2D eigenvalue weighted by Gasteiger charge is 2.18. The molecule has 0 aromatic heterocycles. The first-order valence-electron chi connectivity index (χ1n) is 6.72. The summed E-state index contributed by atoms with van der Waals surface area (Å²) in [7, 11) is 0. The van der Waals surface area contributed by atoms with Crippen molar-refractivity contribution in [1.29, 1.82) is 0 Å². The van der Waals surface area contributed by atoms with Crippen LogP contribution in [0.5, 0.6) is 0 Å². The van der Waals surface area contributed by atoms with E-state index in [0.29, 0.717) is 18.4 Å². The number of hydrogen-bond acceptors (Lipinski definition) is 2. The van der Waals surface area contributed by atoms with E-state index in [2.05, 4.69) is 20.8 Å². The highest BCUT2D eigenvalue weighted by Crippen LogP contribution is 2.26. The molecule has 0 heterocycles. The summed E-state index contributed by atoms with van der Waals surface area (Å²) in [6.45, 7) is 6.50. The van der Waals surface area contributed by atoms with Crippen LogP contribution in [0.1, 0.15) is 62.4 Å². The van der Waals surface area contributed by atoms with Crippen molar-refractivity contribution in [2.24, 2.45) is 0 Å². The van der Waals surface area contributed by atoms with E-state index in [9.17, 15) is 9.59 Å². The van der Waals surface area contributed by atoms with Crippen molar-refractivity contribution in [3.05, 3.63) is 35.4 Å². The Labute approximate surface area is 114 Å². The number of carboxylic acid groups (broad SMARTS) is 1. The summed E-state index contributed by atoms with van der Waals surface area (Å²) in [6, 6.07) is 7.67. The Bertz CT molecular complexity index is 444. The molecule has 19 heavy (non-hydrogen) atoms. The molecule has 1 N–H and O–H groups in total. The zero-order valence-corrected chi connectivity index (χ0v) is 11.9. The van der Waals surface area contributed by atoms with Gasteiger partial charge in [-0.05, 0) is 23.8 Å². The lowest BCUT2D eigenvalue weighted by Gasteiger charge is -2.23. The monoisotopic (exact) mass is 262 g/mol. The highest BCUT2D eigenvalue weighted by atomic mass is 16.4. The molecule has 0 unspecified atom stereocenters. The van der Waals surface area contributed by atoms with Crippen LogP contribution in [0.25, 0.3) is 0 Å². The van der Waals surface area contributed by atoms with Crippen molar-refractivity contribution in [3.8, 4) is 0 Å². The Kier molecular flexibility index (Phi) is 5.28. The van der Waals surface area contributed by atoms with Crippen LogP contribution in [-0.2, 0) is 10.2 Å². The van der Waals surface area contributed by atoms with Gasteiger partial charge in [0.25, 0.3) is 0 Å². The Balaban J connectivity index is 2.66. The van der Waals surface area contributed by atoms with Crippen LogP contribution in [0, 0.1) is 0 Å². The van der Waals surface area contributed by atoms with Crippen molar-refractivity contribution >= 4 is 11.8 Å². The lowest BCUT2D eigenvalue weighted by molar-refractivity contribution is -0.137. The van der Waals surface area contributed by atoms with Crippen LogP contribution in [0.2, 0.25) is 0 Å². The van der Waals surface area contributed by atoms with Gasteiger partial charge in [0.15, 0.2) is 5.78 Å². The highest BCUT2D eigenvalue weighted by molar-refractivity contribution is 5.96. The van der Waals surface area contributed by atoms with Gasteiger partial charge in [0.1, 0.15) is 0 Å². The number of carbonyl (C=O) groups is 2. The Morgan fingerprint density at radius 3 is 2.16 bits per heavy atom. The van der Waals surface area contributed by atoms with Crippen LogP contribution in [0.15, 0.2) is 24.3 Å². The number of ketones is 1. The first-order chi connectivity index (χ1) is 8.86. The van der Waals surface area contributed by atoms with Crippen molar-refractivity contribution < 1.29 is 14.7 Å². The Morgan fingerprint density at radius 1 is 1.11 bits per heavy atom. The predicted octanol–water partition coefficient (Wildman–Crippen LogP) is 3.81. The van der Waals surface area contributed by atoms with E-state index in [-0.39, 0.29) is 17.6 Å². The quantitative estimate of drug-likeness (QED) is 0.760. The van der Waals surface area contributed by atoms with Crippen molar-refractivity contribution in [3.63, 3.8) is 0 Å². The maximum Gasteiger partial charge on any atom is 0.303 e. The molecule has 0 amide bonds. The molecule has 3 heteroatoms. The number of aliphatic carboxylic acids is 1. The number of Topliss-reactive ketones (excluding diaryl/α,β-unsaturated/α-hetero) is 1. The maximum atomic E-state index is 11.9. The lowest BCUT2D eigenvalue weighted by atomic mass is 9.82. The molecular weight excluding hydrogens is 240 g/mol. The predicted molar refractivity (Wildman–Crippen MR) is 75.6 cm³/mol. The second-order valence-corrected chi connectivity index (χ2v) is 5.49. The molecule has 104 valence electrons. The van der Waals surface area contributed by atoms with Crippen LogP contribution in [0.4, 0.5) is 0 Å². The fourth-order valence-corrected chi connectivity index (χ4v) is 1.86. The molecule has 1 aromatic carbocycles. The molecule has 0 radical (unpaired) electrons. The second kappa shape index (κ2) is 6.50. The van der Waals surface area contributed by atoms with Crippen molar-refractivity contribution in [1.82, 2.24) is 0 Å². The van der Waals surface area contributed by atoms with E-state index in [0.717, 1.165) is 6.42 Å². The molecule has 0 fully saturated rings. The van der Waals surface area contributed by atoms with Gasteiger partial charge in [-0.1, -0.05) is 45.0 Å². The minimum Gasteiger partial charge on any atom is -0.481 e. The minimum absolute atomic E-state index is 0.0158. The van der Waals surface area contributed by atoms with E-state index in [1.54, 1.807) is 0 Å². The Hall–Kier alpha value is -1.64. The van der Waals surface area contributed by atoms with Gasteiger partial charge in [-0.15, -0.1) is 0 Å². The lowest BCUT2D eigenvalue weighted by Crippen LogP contribution is -2.15. The summed E-state index contributed by atoms with van der Waals surface area (Å²) in [6.07, 6.45) is 1.78. The molecule has 0 aliphatic carbocycles. The summed E-state index contributed by atoms with van der Waals surface area (Å²) in [5.74, 6) is -0.838. The number of hydrogen-bond donors (Lipinski definition) is 1. The summed E-state index contributed by atoms with van der Waals surface area (Å²) in [4.78, 5) is 22.3. The van der Waals surface area contributed by atoms with Gasteiger partial charge in [0, 0.05) is 18.4 Å². The van der Waals surface area contributed by atoms with Crippen molar-refractivity contribution in [2.75, 3.05) is 0 Å². The maximum absolute atomic E-state index is 11.9. The van der Waals surface area contributed by atoms with Crippen LogP contribution >= 0.6 is 0 Å². The molecule has 0 saturated heterocycles. The third-order valence-corrected chi connectivity index (χ3v) is 3.67. The largest absolute Gasteiger partial charge is 0.481 e. The molecule has 0 aliphatic heterocycles. The van der Waals surface area contributed by atoms with Gasteiger partial charge in [-0.2, -0.15) is 0 Å². The van der Waals surface area contributed by atoms with E-state index in [1.165, 1.54) is 5.56 Å². The fraction of sp³-hybridized carbons (Fsp3) is 0.500. The average molecular weight is 262 g/mol. The van der Waals surface area contributed by atoms with E-state index in [1.807, 2.05) is 24.3 Å². The topological polar surface area (TPSA) is 54.4 Å². The number of rotatable bonds is 7. The zero-order chi connectivity index (χ0) is 14.5. The zero-order valence-electron chi connectivity index (χ0n) is 11.9. The molecule has 0 saturated carbocycles.